The number of fused-ring (bicyclic) bond motifs is 1. The summed E-state index contributed by atoms with van der Waals surface area (Å²) in [6.07, 6.45) is 5.04. The van der Waals surface area contributed by atoms with Crippen LogP contribution in [0.3, 0.4) is 0 Å². The maximum absolute atomic E-state index is 13.0. The van der Waals surface area contributed by atoms with Gasteiger partial charge < -0.3 is 9.72 Å². The summed E-state index contributed by atoms with van der Waals surface area (Å²) in [5.74, 6) is 0.558. The molecular weight excluding hydrogens is 410 g/mol. The first-order valence-corrected chi connectivity index (χ1v) is 11.4. The highest BCUT2D eigenvalue weighted by molar-refractivity contribution is 6.10. The molecule has 0 atom stereocenters. The van der Waals surface area contributed by atoms with E-state index in [0.29, 0.717) is 5.69 Å². The second kappa shape index (κ2) is 10.6. The van der Waals surface area contributed by atoms with Crippen LogP contribution in [0.2, 0.25) is 0 Å². The zero-order valence-electron chi connectivity index (χ0n) is 19.1. The number of H-pyrrole nitrogens is 1. The number of benzene rings is 3. The molecule has 3 aromatic carbocycles. The lowest BCUT2D eigenvalue weighted by Crippen LogP contribution is -2.18. The Morgan fingerprint density at radius 1 is 1.03 bits per heavy atom. The molecule has 1 heterocycles. The Balaban J connectivity index is 1.49. The number of carbonyl (C=O) groups is 1. The van der Waals surface area contributed by atoms with E-state index in [0.717, 1.165) is 51.9 Å². The minimum atomic E-state index is -0.283. The summed E-state index contributed by atoms with van der Waals surface area (Å²) in [6, 6.07) is 23.8. The van der Waals surface area contributed by atoms with Gasteiger partial charge in [-0.05, 0) is 60.9 Å². The molecule has 4 aromatic rings. The lowest BCUT2D eigenvalue weighted by molar-refractivity contribution is 0.0951. The molecule has 0 spiro atoms. The molecule has 0 unspecified atom stereocenters. The minimum absolute atomic E-state index is 0.283. The minimum Gasteiger partial charge on any atom is -0.494 e. The molecular formula is C28H29N3O2. The molecule has 1 amide bonds. The smallest absolute Gasteiger partial charge is 0.288 e. The summed E-state index contributed by atoms with van der Waals surface area (Å²) in [5.41, 5.74) is 7.97. The van der Waals surface area contributed by atoms with E-state index in [4.69, 9.17) is 4.74 Å². The van der Waals surface area contributed by atoms with E-state index >= 15 is 0 Å². The first kappa shape index (κ1) is 22.3. The molecule has 0 aliphatic carbocycles. The fourth-order valence-corrected chi connectivity index (χ4v) is 3.79. The number of nitrogens with zero attached hydrogens (tertiary/aromatic N) is 1. The normalized spacial score (nSPS) is 11.2. The Morgan fingerprint density at radius 3 is 2.58 bits per heavy atom. The van der Waals surface area contributed by atoms with Gasteiger partial charge in [0.25, 0.3) is 5.91 Å². The monoisotopic (exact) mass is 439 g/mol. The van der Waals surface area contributed by atoms with Gasteiger partial charge in [0.05, 0.1) is 12.8 Å². The third-order valence-corrected chi connectivity index (χ3v) is 5.52. The molecule has 0 aliphatic rings. The van der Waals surface area contributed by atoms with Crippen LogP contribution in [0.1, 0.15) is 47.8 Å². The highest BCUT2D eigenvalue weighted by atomic mass is 16.5. The van der Waals surface area contributed by atoms with Crippen LogP contribution in [0, 0.1) is 6.92 Å². The van der Waals surface area contributed by atoms with E-state index in [9.17, 15) is 4.79 Å². The molecule has 0 bridgehead atoms. The molecule has 5 nitrogen and oxygen atoms in total. The van der Waals surface area contributed by atoms with Crippen LogP contribution in [-0.2, 0) is 0 Å². The van der Waals surface area contributed by atoms with Gasteiger partial charge in [-0.2, -0.15) is 5.10 Å². The summed E-state index contributed by atoms with van der Waals surface area (Å²) in [5, 5.41) is 5.19. The second-order valence-electron chi connectivity index (χ2n) is 8.11. The average Bonchev–Trinajstić information content (AvgIpc) is 3.22. The van der Waals surface area contributed by atoms with Crippen LogP contribution in [0.4, 0.5) is 0 Å². The van der Waals surface area contributed by atoms with E-state index in [1.165, 1.54) is 12.8 Å². The molecule has 0 fully saturated rings. The molecule has 168 valence electrons. The van der Waals surface area contributed by atoms with Crippen molar-refractivity contribution < 1.29 is 9.53 Å². The molecule has 2 N–H and O–H groups in total. The van der Waals surface area contributed by atoms with Crippen LogP contribution in [0.5, 0.6) is 5.75 Å². The number of amides is 1. The Hall–Kier alpha value is -3.86. The van der Waals surface area contributed by atoms with Crippen LogP contribution in [0.15, 0.2) is 77.9 Å². The molecule has 4 rings (SSSR count). The van der Waals surface area contributed by atoms with Gasteiger partial charge in [-0.25, -0.2) is 5.43 Å². The predicted octanol–water partition coefficient (Wildman–Crippen LogP) is 6.48. The maximum Gasteiger partial charge on any atom is 0.288 e. The number of aromatic amines is 1. The van der Waals surface area contributed by atoms with Crippen molar-refractivity contribution in [1.29, 1.82) is 0 Å². The van der Waals surface area contributed by atoms with Crippen LogP contribution in [0.25, 0.3) is 22.0 Å². The number of carbonyl (C=O) groups excluding carboxylic acids is 1. The zero-order chi connectivity index (χ0) is 23.0. The van der Waals surface area contributed by atoms with Gasteiger partial charge in [0.2, 0.25) is 0 Å². The molecule has 5 heteroatoms. The van der Waals surface area contributed by atoms with Gasteiger partial charge in [0.15, 0.2) is 0 Å². The number of aromatic nitrogens is 1. The number of hydrogen-bond acceptors (Lipinski definition) is 3. The molecule has 0 aliphatic heterocycles. The fourth-order valence-electron chi connectivity index (χ4n) is 3.79. The number of hydrazone groups is 1. The van der Waals surface area contributed by atoms with Crippen molar-refractivity contribution in [3.05, 3.63) is 89.6 Å². The van der Waals surface area contributed by atoms with E-state index in [-0.39, 0.29) is 5.91 Å². The van der Waals surface area contributed by atoms with Gasteiger partial charge >= 0.3 is 0 Å². The average molecular weight is 440 g/mol. The second-order valence-corrected chi connectivity index (χ2v) is 8.11. The first-order valence-electron chi connectivity index (χ1n) is 11.4. The highest BCUT2D eigenvalue weighted by Gasteiger charge is 2.19. The molecule has 33 heavy (non-hydrogen) atoms. The SMILES string of the molecule is CCCCCOc1ccc(/C=N/NC(=O)c2[nH]c3ccc(C)cc3c2-c2ccccc2)cc1. The van der Waals surface area contributed by atoms with E-state index in [2.05, 4.69) is 28.5 Å². The molecule has 0 saturated heterocycles. The predicted molar refractivity (Wildman–Crippen MR) is 135 cm³/mol. The van der Waals surface area contributed by atoms with Crippen molar-refractivity contribution in [2.75, 3.05) is 6.61 Å². The van der Waals surface area contributed by atoms with Crippen molar-refractivity contribution in [3.8, 4) is 16.9 Å². The summed E-state index contributed by atoms with van der Waals surface area (Å²) in [4.78, 5) is 16.3. The lowest BCUT2D eigenvalue weighted by atomic mass is 10.0. The van der Waals surface area contributed by atoms with Gasteiger partial charge in [-0.1, -0.05) is 61.7 Å². The summed E-state index contributed by atoms with van der Waals surface area (Å²) in [6.45, 7) is 4.95. The molecule has 1 aromatic heterocycles. The third kappa shape index (κ3) is 5.50. The Bertz CT molecular complexity index is 1240. The van der Waals surface area contributed by atoms with Crippen molar-refractivity contribution in [2.24, 2.45) is 5.10 Å². The largest absolute Gasteiger partial charge is 0.494 e. The standard InChI is InChI=1S/C28H29N3O2/c1-3-4-8-17-33-23-14-12-21(13-15-23)19-29-31-28(32)27-26(22-9-6-5-7-10-22)24-18-20(2)11-16-25(24)30-27/h5-7,9-16,18-19,30H,3-4,8,17H2,1-2H3,(H,31,32)/b29-19+. The number of rotatable bonds is 9. The van der Waals surface area contributed by atoms with Crippen molar-refractivity contribution >= 4 is 23.0 Å². The van der Waals surface area contributed by atoms with Gasteiger partial charge in [-0.15, -0.1) is 0 Å². The fraction of sp³-hybridized carbons (Fsp3) is 0.214. The number of unbranched alkanes of at least 4 members (excludes halogenated alkanes) is 2. The van der Waals surface area contributed by atoms with E-state index in [1.54, 1.807) is 6.21 Å². The third-order valence-electron chi connectivity index (χ3n) is 5.52. The Labute approximate surface area is 194 Å². The van der Waals surface area contributed by atoms with Gasteiger partial charge in [0.1, 0.15) is 11.4 Å². The maximum atomic E-state index is 13.0. The number of hydrogen-bond donors (Lipinski definition) is 2. The summed E-state index contributed by atoms with van der Waals surface area (Å²) in [7, 11) is 0. The molecule has 0 saturated carbocycles. The summed E-state index contributed by atoms with van der Waals surface area (Å²) >= 11 is 0. The highest BCUT2D eigenvalue weighted by Crippen LogP contribution is 2.33. The summed E-state index contributed by atoms with van der Waals surface area (Å²) < 4.78 is 5.74. The van der Waals surface area contributed by atoms with E-state index in [1.807, 2.05) is 73.7 Å². The van der Waals surface area contributed by atoms with Crippen LogP contribution < -0.4 is 10.2 Å². The number of ether oxygens (including phenoxy) is 1. The van der Waals surface area contributed by atoms with Crippen LogP contribution in [-0.4, -0.2) is 23.7 Å². The quantitative estimate of drug-likeness (QED) is 0.178. The van der Waals surface area contributed by atoms with Crippen molar-refractivity contribution in [2.45, 2.75) is 33.1 Å². The first-order chi connectivity index (χ1) is 16.2. The Kier molecular flexibility index (Phi) is 7.20. The lowest BCUT2D eigenvalue weighted by Gasteiger charge is -2.06. The van der Waals surface area contributed by atoms with Gasteiger partial charge in [-0.3, -0.25) is 4.79 Å². The van der Waals surface area contributed by atoms with Crippen molar-refractivity contribution in [1.82, 2.24) is 10.4 Å². The van der Waals surface area contributed by atoms with Crippen molar-refractivity contribution in [3.63, 3.8) is 0 Å². The topological polar surface area (TPSA) is 66.5 Å². The Morgan fingerprint density at radius 2 is 1.82 bits per heavy atom. The van der Waals surface area contributed by atoms with Gasteiger partial charge in [0, 0.05) is 16.5 Å². The van der Waals surface area contributed by atoms with Crippen LogP contribution >= 0.6 is 0 Å². The molecule has 0 radical (unpaired) electrons. The zero-order valence-corrected chi connectivity index (χ0v) is 19.1. The number of aryl methyl sites for hydroxylation is 1. The van der Waals surface area contributed by atoms with E-state index < -0.39 is 0 Å². The number of nitrogens with one attached hydrogen (secondary N) is 2.